The monoisotopic (exact) mass is 751 g/mol. The van der Waals surface area contributed by atoms with Crippen LogP contribution in [0.2, 0.25) is 0 Å². The first-order valence-corrected chi connectivity index (χ1v) is 13.6. The van der Waals surface area contributed by atoms with E-state index in [9.17, 15) is 9.90 Å². The quantitative estimate of drug-likeness (QED) is 0.171. The first-order chi connectivity index (χ1) is 21.1. The first kappa shape index (κ1) is 26.0. The second-order valence-electron chi connectivity index (χ2n) is 10.3. The molecule has 0 aliphatic carbocycles. The molecule has 0 spiro atoms. The van der Waals surface area contributed by atoms with Crippen LogP contribution >= 0.6 is 0 Å². The third-order valence-electron chi connectivity index (χ3n) is 7.81. The molecular weight excluding hydrogens is 733 g/mol. The number of rotatable bonds is 1. The number of carbonyl (C=O) groups is 1. The van der Waals surface area contributed by atoms with Crippen molar-refractivity contribution in [2.45, 2.75) is 0 Å². The Kier molecular flexibility index (Phi) is 5.74. The van der Waals surface area contributed by atoms with Crippen molar-refractivity contribution in [3.63, 3.8) is 0 Å². The Bertz CT molecular complexity index is 2510. The average Bonchev–Trinajstić information content (AvgIpc) is 3.76. The van der Waals surface area contributed by atoms with Crippen LogP contribution in [0.4, 0.5) is 0 Å². The minimum atomic E-state index is -1.07. The Morgan fingerprint density at radius 1 is 0.477 bits per heavy atom. The van der Waals surface area contributed by atoms with Gasteiger partial charge in [-0.1, -0.05) is 84.9 Å². The summed E-state index contributed by atoms with van der Waals surface area (Å²) in [5, 5.41) is 12.9. The summed E-state index contributed by atoms with van der Waals surface area (Å²) in [5.41, 5.74) is 5.36. The molecular formula is C33H18IrN8O2. The summed E-state index contributed by atoms with van der Waals surface area (Å²) < 4.78 is 0. The molecule has 3 aromatic heterocycles. The smallest absolute Gasteiger partial charge is 0.336 e. The number of carboxylic acids is 1. The molecule has 3 N–H and O–H groups in total. The summed E-state index contributed by atoms with van der Waals surface area (Å²) in [6.45, 7) is 0. The normalized spacial score (nSPS) is 11.6. The summed E-state index contributed by atoms with van der Waals surface area (Å²) in [7, 11) is 0. The molecule has 44 heavy (non-hydrogen) atoms. The number of aromatic nitrogens is 8. The summed E-state index contributed by atoms with van der Waals surface area (Å²) in [6, 6.07) is 28.5. The molecule has 4 aromatic carbocycles. The van der Waals surface area contributed by atoms with Crippen LogP contribution in [0.3, 0.4) is 0 Å². The van der Waals surface area contributed by atoms with E-state index < -0.39 is 5.97 Å². The molecule has 2 aliphatic rings. The Morgan fingerprint density at radius 2 is 0.864 bits per heavy atom. The average molecular weight is 751 g/mol. The van der Waals surface area contributed by atoms with Gasteiger partial charge in [-0.15, -0.1) is 0 Å². The first-order valence-electron chi connectivity index (χ1n) is 13.6. The van der Waals surface area contributed by atoms with Gasteiger partial charge < -0.3 is 15.1 Å². The van der Waals surface area contributed by atoms with Gasteiger partial charge in [0.15, 0.2) is 23.3 Å². The van der Waals surface area contributed by atoms with Crippen molar-refractivity contribution in [3.8, 4) is 45.6 Å². The largest absolute Gasteiger partial charge is 0.478 e. The molecule has 211 valence electrons. The van der Waals surface area contributed by atoms with Crippen molar-refractivity contribution in [2.24, 2.45) is 0 Å². The van der Waals surface area contributed by atoms with Crippen LogP contribution in [0.15, 0.2) is 91.0 Å². The number of hydrogen-bond acceptors (Lipinski definition) is 7. The van der Waals surface area contributed by atoms with Crippen LogP contribution in [0.5, 0.6) is 0 Å². The molecule has 5 heterocycles. The number of hydrogen-bond donors (Lipinski definition) is 3. The summed E-state index contributed by atoms with van der Waals surface area (Å²) >= 11 is 0. The molecule has 0 unspecified atom stereocenters. The maximum atomic E-state index is 12.3. The molecule has 11 heteroatoms. The number of H-pyrrole nitrogens is 2. The van der Waals surface area contributed by atoms with E-state index in [4.69, 9.17) is 29.9 Å². The van der Waals surface area contributed by atoms with Crippen molar-refractivity contribution >= 4 is 50.1 Å². The zero-order chi connectivity index (χ0) is 28.7. The van der Waals surface area contributed by atoms with Crippen molar-refractivity contribution in [3.05, 3.63) is 96.6 Å². The Hall–Kier alpha value is -5.64. The van der Waals surface area contributed by atoms with Gasteiger partial charge in [0.05, 0.1) is 5.56 Å². The van der Waals surface area contributed by atoms with Crippen LogP contribution in [-0.2, 0) is 20.1 Å². The molecule has 9 rings (SSSR count). The second kappa shape index (κ2) is 9.70. The van der Waals surface area contributed by atoms with Crippen molar-refractivity contribution in [1.82, 2.24) is 39.9 Å². The summed E-state index contributed by atoms with van der Waals surface area (Å²) in [4.78, 5) is 48.5. The minimum absolute atomic E-state index is 0. The van der Waals surface area contributed by atoms with Crippen LogP contribution < -0.4 is 0 Å². The van der Waals surface area contributed by atoms with Crippen molar-refractivity contribution < 1.29 is 30.0 Å². The number of nitrogens with one attached hydrogen (secondary N) is 2. The number of benzene rings is 4. The van der Waals surface area contributed by atoms with Gasteiger partial charge in [0.1, 0.15) is 22.6 Å². The van der Waals surface area contributed by atoms with Crippen LogP contribution in [0.1, 0.15) is 10.4 Å². The fraction of sp³-hybridized carbons (Fsp3) is 0. The van der Waals surface area contributed by atoms with E-state index in [2.05, 4.69) is 9.97 Å². The van der Waals surface area contributed by atoms with Gasteiger partial charge in [-0.05, 0) is 6.07 Å². The fourth-order valence-electron chi connectivity index (χ4n) is 5.87. The van der Waals surface area contributed by atoms with E-state index in [0.717, 1.165) is 33.0 Å². The second-order valence-corrected chi connectivity index (χ2v) is 10.3. The van der Waals surface area contributed by atoms with Gasteiger partial charge in [0.2, 0.25) is 0 Å². The van der Waals surface area contributed by atoms with Gasteiger partial charge in [0.25, 0.3) is 0 Å². The van der Waals surface area contributed by atoms with E-state index >= 15 is 0 Å². The summed E-state index contributed by atoms with van der Waals surface area (Å²) in [5.74, 6) is 0.791. The van der Waals surface area contributed by atoms with Gasteiger partial charge in [0, 0.05) is 63.9 Å². The predicted molar refractivity (Wildman–Crippen MR) is 163 cm³/mol. The molecule has 0 saturated carbocycles. The summed E-state index contributed by atoms with van der Waals surface area (Å²) in [6.07, 6.45) is 0. The maximum Gasteiger partial charge on any atom is 0.336 e. The molecule has 0 atom stereocenters. The number of carboxylic acid groups (broad SMARTS) is 1. The molecule has 2 aliphatic heterocycles. The van der Waals surface area contributed by atoms with E-state index in [1.54, 1.807) is 12.1 Å². The third-order valence-corrected chi connectivity index (χ3v) is 7.81. The minimum Gasteiger partial charge on any atom is -0.478 e. The Balaban J connectivity index is 0.00000289. The molecule has 0 amide bonds. The number of aromatic carboxylic acids is 1. The SMILES string of the molecule is O=C(O)c1cccc2c3nc4nc(nc5[nH]c(nc6nc(nc([nH]3)c12)-c1ccccc1-6)c1ccccc51)-c1ccccc1-4.[Ir]. The Morgan fingerprint density at radius 3 is 1.34 bits per heavy atom. The van der Waals surface area contributed by atoms with Crippen molar-refractivity contribution in [2.75, 3.05) is 0 Å². The number of nitrogens with zero attached hydrogens (tertiary/aromatic N) is 6. The topological polar surface area (TPSA) is 146 Å². The zero-order valence-corrected chi connectivity index (χ0v) is 24.9. The standard InChI is InChI=1S/C33H18N8O2.Ir/c42-33(43)23-15-7-14-22-24(23)32-40-30-21-13-6-5-12-20(21)28(38-30)36-26-17-9-2-1-8-16(17)25(34-26)35-27-18-10-3-4-11-19(18)29(37-27)39-31(22)41-32;/h1-15H,(H,42,43)(H2,34,35,36,37,38,39,40,41);. The number of fused-ring (bicyclic) bond motifs is 20. The molecule has 8 bridgehead atoms. The molecule has 10 nitrogen and oxygen atoms in total. The molecule has 0 saturated heterocycles. The predicted octanol–water partition coefficient (Wildman–Crippen LogP) is 6.56. The molecule has 7 aromatic rings. The van der Waals surface area contributed by atoms with Gasteiger partial charge >= 0.3 is 5.97 Å². The van der Waals surface area contributed by atoms with Crippen LogP contribution in [0.25, 0.3) is 89.7 Å². The third kappa shape index (κ3) is 3.80. The van der Waals surface area contributed by atoms with Crippen LogP contribution in [-0.4, -0.2) is 50.9 Å². The number of aromatic amines is 2. The van der Waals surface area contributed by atoms with Gasteiger partial charge in [-0.3, -0.25) is 0 Å². The van der Waals surface area contributed by atoms with E-state index in [1.807, 2.05) is 78.9 Å². The molecule has 0 fully saturated rings. The zero-order valence-electron chi connectivity index (χ0n) is 22.5. The van der Waals surface area contributed by atoms with Gasteiger partial charge in [-0.25, -0.2) is 34.7 Å². The van der Waals surface area contributed by atoms with Gasteiger partial charge in [-0.2, -0.15) is 0 Å². The van der Waals surface area contributed by atoms with E-state index in [0.29, 0.717) is 56.7 Å². The van der Waals surface area contributed by atoms with Crippen molar-refractivity contribution in [1.29, 1.82) is 0 Å². The van der Waals surface area contributed by atoms with E-state index in [1.165, 1.54) is 0 Å². The fourth-order valence-corrected chi connectivity index (χ4v) is 5.87. The Labute approximate surface area is 261 Å². The maximum absolute atomic E-state index is 12.3. The van der Waals surface area contributed by atoms with Crippen LogP contribution in [0, 0.1) is 0 Å². The molecule has 1 radical (unpaired) electrons. The van der Waals surface area contributed by atoms with E-state index in [-0.39, 0.29) is 25.7 Å².